The van der Waals surface area contributed by atoms with Gasteiger partial charge < -0.3 is 19.4 Å². The summed E-state index contributed by atoms with van der Waals surface area (Å²) in [4.78, 5) is 37.8. The zero-order valence-electron chi connectivity index (χ0n) is 54.9. The summed E-state index contributed by atoms with van der Waals surface area (Å²) >= 11 is 0. The van der Waals surface area contributed by atoms with E-state index in [4.69, 9.17) is 13.8 Å². The van der Waals surface area contributed by atoms with E-state index in [1.165, 1.54) is 186 Å². The van der Waals surface area contributed by atoms with Gasteiger partial charge in [-0.15, -0.1) is 0 Å². The highest BCUT2D eigenvalue weighted by Crippen LogP contribution is 2.43. The molecule has 9 nitrogen and oxygen atoms in total. The second kappa shape index (κ2) is 62.0. The van der Waals surface area contributed by atoms with Crippen molar-refractivity contribution in [2.45, 2.75) is 315 Å². The van der Waals surface area contributed by atoms with Crippen molar-refractivity contribution in [1.29, 1.82) is 0 Å². The van der Waals surface area contributed by atoms with Crippen molar-refractivity contribution in [2.24, 2.45) is 0 Å². The summed E-state index contributed by atoms with van der Waals surface area (Å²) in [5.41, 5.74) is 0. The van der Waals surface area contributed by atoms with Gasteiger partial charge in [0.15, 0.2) is 0 Å². The topological polar surface area (TPSA) is 111 Å². The highest BCUT2D eigenvalue weighted by atomic mass is 31.2. The summed E-state index contributed by atoms with van der Waals surface area (Å²) in [6, 6.07) is -0.882. The summed E-state index contributed by atoms with van der Waals surface area (Å²) in [6.45, 7) is 6.93. The number of esters is 1. The van der Waals surface area contributed by atoms with Crippen LogP contribution in [0.5, 0.6) is 0 Å². The lowest BCUT2D eigenvalue weighted by molar-refractivity contribution is -0.870. The van der Waals surface area contributed by atoms with Crippen molar-refractivity contribution < 1.29 is 37.3 Å². The van der Waals surface area contributed by atoms with Gasteiger partial charge in [-0.2, -0.15) is 0 Å². The molecule has 0 fully saturated rings. The number of quaternary nitrogens is 1. The summed E-state index contributed by atoms with van der Waals surface area (Å²) in [5.74, 6) is -0.568. The van der Waals surface area contributed by atoms with E-state index >= 15 is 0 Å². The average Bonchev–Trinajstić information content (AvgIpc) is 3.46. The van der Waals surface area contributed by atoms with Gasteiger partial charge in [0, 0.05) is 12.8 Å². The molecule has 0 aromatic carbocycles. The van der Waals surface area contributed by atoms with Gasteiger partial charge in [-0.25, -0.2) is 4.57 Å². The largest absolute Gasteiger partial charge is 0.472 e. The molecule has 0 saturated heterocycles. The number of carbonyl (C=O) groups is 2. The Morgan fingerprint density at radius 2 is 0.747 bits per heavy atom. The average molecular weight is 1180 g/mol. The van der Waals surface area contributed by atoms with E-state index < -0.39 is 20.0 Å². The van der Waals surface area contributed by atoms with Crippen LogP contribution in [0.1, 0.15) is 303 Å². The Kier molecular flexibility index (Phi) is 59.7. The molecule has 0 saturated carbocycles. The zero-order chi connectivity index (χ0) is 60.7. The van der Waals surface area contributed by atoms with Gasteiger partial charge in [-0.1, -0.05) is 279 Å². The number of nitrogens with zero attached hydrogens (tertiary/aromatic N) is 1. The van der Waals surface area contributed by atoms with Crippen LogP contribution in [-0.2, 0) is 27.9 Å². The molecule has 480 valence electrons. The molecule has 0 rings (SSSR count). The summed E-state index contributed by atoms with van der Waals surface area (Å²) in [6.07, 6.45) is 84.3. The molecule has 0 aromatic rings. The standard InChI is InChI=1S/C73H131N2O7P/c1-7-10-13-16-19-22-25-28-30-32-33-34-35-36-37-38-39-40-41-43-45-48-51-54-57-60-63-66-73(77)82-71(64-61-58-55-52-49-46-27-24-21-18-15-12-9-3)70(69-81-83(78,79)80-68-67-75(4,5)6)74-72(76)65-62-59-56-53-50-47-44-42-31-29-26-23-20-17-14-11-8-2/h19-20,22-23,28-31,33-34,44,47,53,56,61,64,70-71H,7-18,21,24-27,32,35-43,45-46,48-52,54-55,57-60,62-63,65-69H2,1-6H3,(H-,74,76,78,79)/p+1/b22-19-,23-20-,30-28-,31-29-,34-33-,47-44-,56-53-,64-61-. The number of likely N-dealkylation sites (N-methyl/N-ethyl adjacent to an activating group) is 1. The minimum absolute atomic E-state index is 0.0269. The first kappa shape index (κ1) is 79.9. The van der Waals surface area contributed by atoms with Crippen LogP contribution in [-0.4, -0.2) is 74.3 Å². The normalized spacial score (nSPS) is 14.2. The van der Waals surface area contributed by atoms with Crippen LogP contribution in [0.25, 0.3) is 0 Å². The number of phosphoric acid groups is 1. The highest BCUT2D eigenvalue weighted by molar-refractivity contribution is 7.47. The van der Waals surface area contributed by atoms with Crippen molar-refractivity contribution >= 4 is 19.7 Å². The Morgan fingerprint density at radius 1 is 0.422 bits per heavy atom. The fourth-order valence-electron chi connectivity index (χ4n) is 9.65. The number of phosphoric ester groups is 1. The third kappa shape index (κ3) is 63.3. The smallest absolute Gasteiger partial charge is 0.456 e. The lowest BCUT2D eigenvalue weighted by atomic mass is 10.0. The molecule has 0 aromatic heterocycles. The van der Waals surface area contributed by atoms with E-state index in [2.05, 4.69) is 111 Å². The van der Waals surface area contributed by atoms with Crippen molar-refractivity contribution in [3.8, 4) is 0 Å². The molecule has 83 heavy (non-hydrogen) atoms. The molecule has 10 heteroatoms. The summed E-state index contributed by atoms with van der Waals surface area (Å²) in [7, 11) is 1.46. The molecule has 3 atom stereocenters. The summed E-state index contributed by atoms with van der Waals surface area (Å²) in [5, 5.41) is 3.03. The van der Waals surface area contributed by atoms with E-state index in [0.29, 0.717) is 17.4 Å². The fraction of sp³-hybridized carbons (Fsp3) is 0.753. The number of allylic oxidation sites excluding steroid dienone is 15. The van der Waals surface area contributed by atoms with Gasteiger partial charge >= 0.3 is 13.8 Å². The predicted molar refractivity (Wildman–Crippen MR) is 360 cm³/mol. The second-order valence-electron chi connectivity index (χ2n) is 24.3. The van der Waals surface area contributed by atoms with Gasteiger partial charge in [0.25, 0.3) is 0 Å². The SMILES string of the molecule is CCCCC/C=C\C/C=C\C/C=C\C/C=C\CCCC(=O)NC(COP(=O)(O)OCC[N+](C)(C)C)C(/C=C\CCCCCCCCCCCCC)OC(=O)CCCCCCCCCCCCCCCC/C=C\C/C=C\C/C=C\CCCCC. The number of nitrogens with one attached hydrogen (secondary N) is 1. The number of rotatable bonds is 62. The monoisotopic (exact) mass is 1180 g/mol. The molecule has 0 heterocycles. The first-order valence-electron chi connectivity index (χ1n) is 34.6. The Hall–Kier alpha value is -3.07. The maximum Gasteiger partial charge on any atom is 0.472 e. The number of amides is 1. The molecule has 0 aliphatic heterocycles. The summed E-state index contributed by atoms with van der Waals surface area (Å²) < 4.78 is 30.8. The minimum atomic E-state index is -4.47. The maximum absolute atomic E-state index is 13.6. The van der Waals surface area contributed by atoms with Gasteiger partial charge in [0.05, 0.1) is 33.8 Å². The number of unbranched alkanes of at least 4 members (excludes halogenated alkanes) is 32. The second-order valence-corrected chi connectivity index (χ2v) is 25.8. The van der Waals surface area contributed by atoms with Gasteiger partial charge in [0.1, 0.15) is 19.3 Å². The van der Waals surface area contributed by atoms with Crippen LogP contribution in [0.15, 0.2) is 97.2 Å². The third-order valence-corrected chi connectivity index (χ3v) is 16.0. The van der Waals surface area contributed by atoms with Crippen molar-refractivity contribution in [3.63, 3.8) is 0 Å². The first-order chi connectivity index (χ1) is 40.4. The van der Waals surface area contributed by atoms with Gasteiger partial charge in [-0.3, -0.25) is 18.6 Å². The Bertz CT molecular complexity index is 1740. The van der Waals surface area contributed by atoms with E-state index in [0.717, 1.165) is 77.0 Å². The predicted octanol–water partition coefficient (Wildman–Crippen LogP) is 21.9. The zero-order valence-corrected chi connectivity index (χ0v) is 55.8. The van der Waals surface area contributed by atoms with E-state index in [9.17, 15) is 19.0 Å². The van der Waals surface area contributed by atoms with Crippen molar-refractivity contribution in [1.82, 2.24) is 5.32 Å². The van der Waals surface area contributed by atoms with E-state index in [1.807, 2.05) is 33.3 Å². The van der Waals surface area contributed by atoms with Crippen molar-refractivity contribution in [2.75, 3.05) is 40.9 Å². The van der Waals surface area contributed by atoms with Crippen LogP contribution >= 0.6 is 7.82 Å². The van der Waals surface area contributed by atoms with Crippen LogP contribution < -0.4 is 5.32 Å². The Balaban J connectivity index is 5.15. The highest BCUT2D eigenvalue weighted by Gasteiger charge is 2.30. The van der Waals surface area contributed by atoms with Crippen molar-refractivity contribution in [3.05, 3.63) is 97.2 Å². The number of hydrogen-bond acceptors (Lipinski definition) is 6. The molecule has 0 radical (unpaired) electrons. The van der Waals surface area contributed by atoms with Crippen LogP contribution in [0.2, 0.25) is 0 Å². The molecule has 3 unspecified atom stereocenters. The van der Waals surface area contributed by atoms with Crippen LogP contribution in [0.3, 0.4) is 0 Å². The number of ether oxygens (including phenoxy) is 1. The molecule has 0 aliphatic carbocycles. The molecule has 0 spiro atoms. The fourth-order valence-corrected chi connectivity index (χ4v) is 10.4. The van der Waals surface area contributed by atoms with E-state index in [1.54, 1.807) is 0 Å². The number of hydrogen-bond donors (Lipinski definition) is 2. The van der Waals surface area contributed by atoms with Gasteiger partial charge in [0.2, 0.25) is 5.91 Å². The number of carbonyl (C=O) groups excluding carboxylic acids is 2. The molecular weight excluding hydrogens is 1050 g/mol. The molecule has 0 bridgehead atoms. The molecule has 0 aliphatic rings. The Morgan fingerprint density at radius 3 is 1.14 bits per heavy atom. The molecule has 1 amide bonds. The van der Waals surface area contributed by atoms with Crippen LogP contribution in [0, 0.1) is 0 Å². The quantitative estimate of drug-likeness (QED) is 0.0205. The maximum atomic E-state index is 13.6. The molecular formula is C73H132N2O7P+. The Labute approximate surface area is 513 Å². The molecule has 2 N–H and O–H groups in total. The first-order valence-corrected chi connectivity index (χ1v) is 36.1. The van der Waals surface area contributed by atoms with E-state index in [-0.39, 0.29) is 37.9 Å². The lowest BCUT2D eigenvalue weighted by Crippen LogP contribution is -2.47. The van der Waals surface area contributed by atoms with Gasteiger partial charge in [-0.05, 0) is 109 Å². The minimum Gasteiger partial charge on any atom is -0.456 e. The lowest BCUT2D eigenvalue weighted by Gasteiger charge is -2.27. The third-order valence-electron chi connectivity index (χ3n) is 15.0. The van der Waals surface area contributed by atoms with Crippen LogP contribution in [0.4, 0.5) is 0 Å².